The summed E-state index contributed by atoms with van der Waals surface area (Å²) in [4.78, 5) is 14.9. The summed E-state index contributed by atoms with van der Waals surface area (Å²) in [6, 6.07) is 15.4. The third-order valence-electron chi connectivity index (χ3n) is 5.12. The summed E-state index contributed by atoms with van der Waals surface area (Å²) >= 11 is 0. The van der Waals surface area contributed by atoms with Crippen molar-refractivity contribution in [3.05, 3.63) is 71.0 Å². The molecule has 3 aromatic rings. The number of amides is 1. The molecule has 2 aromatic carbocycles. The highest BCUT2D eigenvalue weighted by Gasteiger charge is 2.31. The third-order valence-corrected chi connectivity index (χ3v) is 5.12. The van der Waals surface area contributed by atoms with Crippen molar-refractivity contribution in [3.63, 3.8) is 0 Å². The largest absolute Gasteiger partial charge is 0.497 e. The number of rotatable bonds is 4. The van der Waals surface area contributed by atoms with Gasteiger partial charge in [-0.1, -0.05) is 29.4 Å². The Morgan fingerprint density at radius 3 is 2.57 bits per heavy atom. The Kier molecular flexibility index (Phi) is 4.88. The Morgan fingerprint density at radius 2 is 1.89 bits per heavy atom. The number of carbonyl (C=O) groups is 1. The minimum absolute atomic E-state index is 0.0974. The van der Waals surface area contributed by atoms with Crippen molar-refractivity contribution in [3.8, 4) is 17.0 Å². The van der Waals surface area contributed by atoms with Crippen LogP contribution >= 0.6 is 0 Å². The van der Waals surface area contributed by atoms with Gasteiger partial charge >= 0.3 is 0 Å². The molecule has 6 heteroatoms. The Labute approximate surface area is 163 Å². The Morgan fingerprint density at radius 1 is 1.18 bits per heavy atom. The molecule has 6 nitrogen and oxygen atoms in total. The first-order valence-electron chi connectivity index (χ1n) is 9.26. The summed E-state index contributed by atoms with van der Waals surface area (Å²) in [7, 11) is 1.60. The summed E-state index contributed by atoms with van der Waals surface area (Å²) in [5.74, 6) is 0.562. The first-order valence-corrected chi connectivity index (χ1v) is 9.26. The van der Waals surface area contributed by atoms with Crippen molar-refractivity contribution < 1.29 is 19.2 Å². The van der Waals surface area contributed by atoms with Crippen LogP contribution in [-0.2, 0) is 13.0 Å². The molecule has 1 N–H and O–H groups in total. The molecule has 4 rings (SSSR count). The highest BCUT2D eigenvalue weighted by molar-refractivity contribution is 5.94. The predicted octanol–water partition coefficient (Wildman–Crippen LogP) is 3.60. The van der Waals surface area contributed by atoms with Gasteiger partial charge in [-0.05, 0) is 48.7 Å². The van der Waals surface area contributed by atoms with Gasteiger partial charge in [-0.25, -0.2) is 0 Å². The van der Waals surface area contributed by atoms with Crippen LogP contribution in [0.15, 0.2) is 53.1 Å². The van der Waals surface area contributed by atoms with E-state index in [0.29, 0.717) is 30.1 Å². The van der Waals surface area contributed by atoms with E-state index in [4.69, 9.17) is 9.26 Å². The minimum Gasteiger partial charge on any atom is -0.497 e. The van der Waals surface area contributed by atoms with Crippen molar-refractivity contribution in [2.75, 3.05) is 13.7 Å². The molecule has 1 aromatic heterocycles. The van der Waals surface area contributed by atoms with E-state index in [0.717, 1.165) is 17.5 Å². The van der Waals surface area contributed by atoms with E-state index in [-0.39, 0.29) is 11.7 Å². The standard InChI is InChI=1S/C22H22N2O4/c1-14(25)19-20(16-7-9-18(27-2)10-8-16)23-28-21(19)22(26)24-12-11-15-5-3-4-6-17(15)13-24/h3-10,14,25H,11-13H2,1-2H3/t14-/m0/s1. The summed E-state index contributed by atoms with van der Waals surface area (Å²) in [6.45, 7) is 2.74. The molecule has 144 valence electrons. The second kappa shape index (κ2) is 7.48. The fourth-order valence-electron chi connectivity index (χ4n) is 3.61. The van der Waals surface area contributed by atoms with Gasteiger partial charge in [-0.15, -0.1) is 0 Å². The van der Waals surface area contributed by atoms with Gasteiger partial charge in [0, 0.05) is 18.7 Å². The van der Waals surface area contributed by atoms with Gasteiger partial charge < -0.3 is 19.3 Å². The number of aliphatic hydroxyl groups is 1. The molecule has 0 saturated heterocycles. The summed E-state index contributed by atoms with van der Waals surface area (Å²) in [5, 5.41) is 14.4. The van der Waals surface area contributed by atoms with Gasteiger partial charge in [0.05, 0.1) is 18.8 Å². The van der Waals surface area contributed by atoms with E-state index in [9.17, 15) is 9.90 Å². The molecule has 28 heavy (non-hydrogen) atoms. The number of hydrogen-bond donors (Lipinski definition) is 1. The smallest absolute Gasteiger partial charge is 0.293 e. The lowest BCUT2D eigenvalue weighted by atomic mass is 9.98. The fraction of sp³-hybridized carbons (Fsp3) is 0.273. The van der Waals surface area contributed by atoms with Crippen LogP contribution in [0.3, 0.4) is 0 Å². The van der Waals surface area contributed by atoms with Crippen LogP contribution in [-0.4, -0.2) is 34.7 Å². The van der Waals surface area contributed by atoms with Crippen molar-refractivity contribution >= 4 is 5.91 Å². The SMILES string of the molecule is COc1ccc(-c2noc(C(=O)N3CCc4ccccc4C3)c2[C@H](C)O)cc1. The van der Waals surface area contributed by atoms with Gasteiger partial charge in [0.1, 0.15) is 11.4 Å². The number of hydrogen-bond acceptors (Lipinski definition) is 5. The highest BCUT2D eigenvalue weighted by Crippen LogP contribution is 2.33. The van der Waals surface area contributed by atoms with Crippen LogP contribution in [0, 0.1) is 0 Å². The normalized spacial score (nSPS) is 14.5. The van der Waals surface area contributed by atoms with Crippen molar-refractivity contribution in [1.82, 2.24) is 10.1 Å². The lowest BCUT2D eigenvalue weighted by Gasteiger charge is -2.28. The Bertz CT molecular complexity index is 992. The maximum absolute atomic E-state index is 13.1. The topological polar surface area (TPSA) is 75.8 Å². The summed E-state index contributed by atoms with van der Waals surface area (Å²) < 4.78 is 10.6. The number of ether oxygens (including phenoxy) is 1. The van der Waals surface area contributed by atoms with Crippen LogP contribution in [0.5, 0.6) is 5.75 Å². The molecule has 1 atom stereocenters. The lowest BCUT2D eigenvalue weighted by molar-refractivity contribution is 0.0684. The first kappa shape index (κ1) is 18.3. The van der Waals surface area contributed by atoms with Crippen molar-refractivity contribution in [1.29, 1.82) is 0 Å². The zero-order chi connectivity index (χ0) is 19.7. The average molecular weight is 378 g/mol. The summed E-state index contributed by atoms with van der Waals surface area (Å²) in [6.07, 6.45) is -0.0924. The molecule has 0 saturated carbocycles. The maximum atomic E-state index is 13.1. The molecular formula is C22H22N2O4. The Hall–Kier alpha value is -3.12. The molecule has 0 bridgehead atoms. The molecular weight excluding hydrogens is 356 g/mol. The molecule has 2 heterocycles. The van der Waals surface area contributed by atoms with Gasteiger partial charge in [0.15, 0.2) is 0 Å². The average Bonchev–Trinajstić information content (AvgIpc) is 3.18. The van der Waals surface area contributed by atoms with Crippen LogP contribution < -0.4 is 4.74 Å². The quantitative estimate of drug-likeness (QED) is 0.751. The number of fused-ring (bicyclic) bond motifs is 1. The van der Waals surface area contributed by atoms with Crippen molar-refractivity contribution in [2.45, 2.75) is 26.0 Å². The van der Waals surface area contributed by atoms with E-state index in [1.54, 1.807) is 31.1 Å². The minimum atomic E-state index is -0.889. The van der Waals surface area contributed by atoms with Crippen LogP contribution in [0.2, 0.25) is 0 Å². The zero-order valence-corrected chi connectivity index (χ0v) is 15.9. The first-order chi connectivity index (χ1) is 13.6. The molecule has 0 fully saturated rings. The van der Waals surface area contributed by atoms with E-state index in [1.807, 2.05) is 30.3 Å². The van der Waals surface area contributed by atoms with Crippen LogP contribution in [0.25, 0.3) is 11.3 Å². The highest BCUT2D eigenvalue weighted by atomic mass is 16.5. The van der Waals surface area contributed by atoms with Crippen LogP contribution in [0.4, 0.5) is 0 Å². The number of methoxy groups -OCH3 is 1. The molecule has 1 aliphatic rings. The number of carbonyl (C=O) groups excluding carboxylic acids is 1. The van der Waals surface area contributed by atoms with Gasteiger partial charge in [0.25, 0.3) is 5.91 Å². The Balaban J connectivity index is 1.66. The van der Waals surface area contributed by atoms with E-state index in [2.05, 4.69) is 11.2 Å². The van der Waals surface area contributed by atoms with E-state index < -0.39 is 6.10 Å². The number of aromatic nitrogens is 1. The second-order valence-electron chi connectivity index (χ2n) is 6.92. The molecule has 0 unspecified atom stereocenters. The zero-order valence-electron chi connectivity index (χ0n) is 15.9. The molecule has 0 spiro atoms. The molecule has 1 aliphatic heterocycles. The molecule has 0 aliphatic carbocycles. The van der Waals surface area contributed by atoms with E-state index >= 15 is 0 Å². The second-order valence-corrected chi connectivity index (χ2v) is 6.92. The van der Waals surface area contributed by atoms with E-state index in [1.165, 1.54) is 5.56 Å². The number of benzene rings is 2. The molecule has 1 amide bonds. The van der Waals surface area contributed by atoms with Gasteiger partial charge in [0.2, 0.25) is 5.76 Å². The fourth-order valence-corrected chi connectivity index (χ4v) is 3.61. The maximum Gasteiger partial charge on any atom is 0.293 e. The van der Waals surface area contributed by atoms with Gasteiger partial charge in [-0.2, -0.15) is 0 Å². The molecule has 0 radical (unpaired) electrons. The van der Waals surface area contributed by atoms with Crippen molar-refractivity contribution in [2.24, 2.45) is 0 Å². The predicted molar refractivity (Wildman–Crippen MR) is 104 cm³/mol. The third kappa shape index (κ3) is 3.27. The van der Waals surface area contributed by atoms with Gasteiger partial charge in [-0.3, -0.25) is 4.79 Å². The summed E-state index contributed by atoms with van der Waals surface area (Å²) in [5.41, 5.74) is 4.03. The van der Waals surface area contributed by atoms with Crippen LogP contribution in [0.1, 0.15) is 40.3 Å². The lowest BCUT2D eigenvalue weighted by Crippen LogP contribution is -2.36. The number of nitrogens with zero attached hydrogens (tertiary/aromatic N) is 2. The number of aliphatic hydroxyl groups excluding tert-OH is 1. The monoisotopic (exact) mass is 378 g/mol.